The van der Waals surface area contributed by atoms with E-state index in [4.69, 9.17) is 17.3 Å². The second-order valence-corrected chi connectivity index (χ2v) is 4.34. The van der Waals surface area contributed by atoms with Crippen molar-refractivity contribution >= 4 is 38.0 Å². The minimum Gasteiger partial charge on any atom is -0.390 e. The molecule has 3 heteroatoms. The molecule has 0 amide bonds. The highest BCUT2D eigenvalue weighted by Crippen LogP contribution is 2.35. The zero-order valence-corrected chi connectivity index (χ0v) is 8.88. The molecule has 0 unspecified atom stereocenters. The van der Waals surface area contributed by atoms with E-state index in [1.807, 2.05) is 19.1 Å². The molecule has 0 aliphatic rings. The SMILES string of the molecule is Cc1c(N)sc2c(CCl)cccc12. The molecule has 2 aromatic rings. The van der Waals surface area contributed by atoms with Gasteiger partial charge in [-0.2, -0.15) is 0 Å². The lowest BCUT2D eigenvalue weighted by molar-refractivity contribution is 1.46. The Hall–Kier alpha value is -0.730. The van der Waals surface area contributed by atoms with E-state index >= 15 is 0 Å². The maximum atomic E-state index is 5.85. The average Bonchev–Trinajstić information content (AvgIpc) is 2.43. The van der Waals surface area contributed by atoms with E-state index in [0.717, 1.165) is 5.00 Å². The Morgan fingerprint density at radius 3 is 2.92 bits per heavy atom. The van der Waals surface area contributed by atoms with Gasteiger partial charge in [0.15, 0.2) is 0 Å². The highest BCUT2D eigenvalue weighted by molar-refractivity contribution is 7.23. The zero-order valence-electron chi connectivity index (χ0n) is 7.30. The first kappa shape index (κ1) is 8.85. The van der Waals surface area contributed by atoms with E-state index in [9.17, 15) is 0 Å². The molecule has 0 aliphatic heterocycles. The number of thiophene rings is 1. The number of fused-ring (bicyclic) bond motifs is 1. The van der Waals surface area contributed by atoms with Gasteiger partial charge in [-0.15, -0.1) is 22.9 Å². The lowest BCUT2D eigenvalue weighted by atomic mass is 10.1. The van der Waals surface area contributed by atoms with Gasteiger partial charge >= 0.3 is 0 Å². The molecule has 1 aromatic heterocycles. The quantitative estimate of drug-likeness (QED) is 0.718. The van der Waals surface area contributed by atoms with Gasteiger partial charge in [0.1, 0.15) is 0 Å². The average molecular weight is 212 g/mol. The molecule has 0 saturated carbocycles. The van der Waals surface area contributed by atoms with Gasteiger partial charge in [0.25, 0.3) is 0 Å². The van der Waals surface area contributed by atoms with Crippen LogP contribution < -0.4 is 5.73 Å². The monoisotopic (exact) mass is 211 g/mol. The fraction of sp³-hybridized carbons (Fsp3) is 0.200. The van der Waals surface area contributed by atoms with Crippen molar-refractivity contribution in [1.82, 2.24) is 0 Å². The van der Waals surface area contributed by atoms with Crippen LogP contribution in [-0.4, -0.2) is 0 Å². The van der Waals surface area contributed by atoms with E-state index in [1.165, 1.54) is 21.2 Å². The van der Waals surface area contributed by atoms with Crippen molar-refractivity contribution in [2.24, 2.45) is 0 Å². The van der Waals surface area contributed by atoms with Crippen molar-refractivity contribution in [2.75, 3.05) is 5.73 Å². The van der Waals surface area contributed by atoms with Crippen molar-refractivity contribution in [2.45, 2.75) is 12.8 Å². The molecule has 2 rings (SSSR count). The van der Waals surface area contributed by atoms with Crippen LogP contribution in [0.4, 0.5) is 5.00 Å². The van der Waals surface area contributed by atoms with Crippen molar-refractivity contribution in [1.29, 1.82) is 0 Å². The van der Waals surface area contributed by atoms with Crippen LogP contribution in [0.2, 0.25) is 0 Å². The second-order valence-electron chi connectivity index (χ2n) is 3.02. The number of hydrogen-bond donors (Lipinski definition) is 1. The summed E-state index contributed by atoms with van der Waals surface area (Å²) in [5.74, 6) is 0.552. The maximum Gasteiger partial charge on any atom is 0.0898 e. The van der Waals surface area contributed by atoms with E-state index in [2.05, 4.69) is 6.07 Å². The zero-order chi connectivity index (χ0) is 9.42. The summed E-state index contributed by atoms with van der Waals surface area (Å²) >= 11 is 7.46. The van der Waals surface area contributed by atoms with Gasteiger partial charge in [-0.05, 0) is 23.4 Å². The fourth-order valence-electron chi connectivity index (χ4n) is 1.43. The van der Waals surface area contributed by atoms with Gasteiger partial charge in [0.05, 0.1) is 5.00 Å². The van der Waals surface area contributed by atoms with E-state index < -0.39 is 0 Å². The first-order valence-electron chi connectivity index (χ1n) is 4.06. The van der Waals surface area contributed by atoms with Gasteiger partial charge in [-0.1, -0.05) is 18.2 Å². The third-order valence-electron chi connectivity index (χ3n) is 2.23. The van der Waals surface area contributed by atoms with Crippen LogP contribution in [0, 0.1) is 6.92 Å². The molecule has 0 atom stereocenters. The van der Waals surface area contributed by atoms with Crippen molar-refractivity contribution < 1.29 is 0 Å². The Morgan fingerprint density at radius 1 is 1.46 bits per heavy atom. The van der Waals surface area contributed by atoms with Crippen LogP contribution >= 0.6 is 22.9 Å². The molecular weight excluding hydrogens is 202 g/mol. The molecule has 0 saturated heterocycles. The number of rotatable bonds is 1. The summed E-state index contributed by atoms with van der Waals surface area (Å²) in [4.78, 5) is 0. The molecule has 0 radical (unpaired) electrons. The molecule has 0 spiro atoms. The largest absolute Gasteiger partial charge is 0.390 e. The van der Waals surface area contributed by atoms with Gasteiger partial charge in [-0.25, -0.2) is 0 Å². The Kier molecular flexibility index (Phi) is 2.18. The maximum absolute atomic E-state index is 5.85. The summed E-state index contributed by atoms with van der Waals surface area (Å²) in [6.45, 7) is 2.05. The van der Waals surface area contributed by atoms with Crippen molar-refractivity contribution in [3.63, 3.8) is 0 Å². The summed E-state index contributed by atoms with van der Waals surface area (Å²) in [5.41, 5.74) is 8.20. The van der Waals surface area contributed by atoms with Crippen molar-refractivity contribution in [3.05, 3.63) is 29.3 Å². The second kappa shape index (κ2) is 3.20. The highest BCUT2D eigenvalue weighted by Gasteiger charge is 2.07. The van der Waals surface area contributed by atoms with Crippen molar-refractivity contribution in [3.8, 4) is 0 Å². The van der Waals surface area contributed by atoms with E-state index in [0.29, 0.717) is 5.88 Å². The third-order valence-corrected chi connectivity index (χ3v) is 3.73. The molecule has 0 bridgehead atoms. The number of alkyl halides is 1. The van der Waals surface area contributed by atoms with Crippen LogP contribution in [0.25, 0.3) is 10.1 Å². The molecule has 0 fully saturated rings. The van der Waals surface area contributed by atoms with Crippen LogP contribution in [0.1, 0.15) is 11.1 Å². The topological polar surface area (TPSA) is 26.0 Å². The lowest BCUT2D eigenvalue weighted by Crippen LogP contribution is -1.80. The molecule has 1 heterocycles. The van der Waals surface area contributed by atoms with Gasteiger partial charge in [0.2, 0.25) is 0 Å². The summed E-state index contributed by atoms with van der Waals surface area (Å²) < 4.78 is 1.23. The molecule has 68 valence electrons. The third kappa shape index (κ3) is 1.30. The summed E-state index contributed by atoms with van der Waals surface area (Å²) in [6, 6.07) is 6.16. The Bertz CT molecular complexity index is 447. The first-order chi connectivity index (χ1) is 6.24. The summed E-state index contributed by atoms with van der Waals surface area (Å²) in [7, 11) is 0. The Balaban J connectivity index is 2.84. The minimum atomic E-state index is 0.552. The van der Waals surface area contributed by atoms with E-state index in [1.54, 1.807) is 11.3 Å². The number of nitrogens with two attached hydrogens (primary N) is 1. The molecule has 0 aliphatic carbocycles. The van der Waals surface area contributed by atoms with E-state index in [-0.39, 0.29) is 0 Å². The number of nitrogen functional groups attached to an aromatic ring is 1. The summed E-state index contributed by atoms with van der Waals surface area (Å²) in [6.07, 6.45) is 0. The molecule has 13 heavy (non-hydrogen) atoms. The lowest BCUT2D eigenvalue weighted by Gasteiger charge is -1.96. The highest BCUT2D eigenvalue weighted by atomic mass is 35.5. The van der Waals surface area contributed by atoms with Crippen LogP contribution in [0.5, 0.6) is 0 Å². The number of halogens is 1. The normalized spacial score (nSPS) is 10.9. The minimum absolute atomic E-state index is 0.552. The number of benzene rings is 1. The van der Waals surface area contributed by atoms with Gasteiger partial charge in [-0.3, -0.25) is 0 Å². The van der Waals surface area contributed by atoms with Crippen LogP contribution in [0.3, 0.4) is 0 Å². The fourth-order valence-corrected chi connectivity index (χ4v) is 2.81. The predicted octanol–water partition coefficient (Wildman–Crippen LogP) is 3.53. The standard InChI is InChI=1S/C10H10ClNS/c1-6-8-4-2-3-7(5-11)9(8)13-10(6)12/h2-4H,5,12H2,1H3. The molecule has 1 nitrogen and oxygen atoms in total. The first-order valence-corrected chi connectivity index (χ1v) is 5.41. The smallest absolute Gasteiger partial charge is 0.0898 e. The van der Waals surface area contributed by atoms with Crippen LogP contribution in [-0.2, 0) is 5.88 Å². The molecular formula is C10H10ClNS. The Morgan fingerprint density at radius 2 is 2.23 bits per heavy atom. The molecule has 2 N–H and O–H groups in total. The predicted molar refractivity (Wildman–Crippen MR) is 60.5 cm³/mol. The van der Waals surface area contributed by atoms with Gasteiger partial charge < -0.3 is 5.73 Å². The molecule has 1 aromatic carbocycles. The van der Waals surface area contributed by atoms with Gasteiger partial charge in [0, 0.05) is 10.6 Å². The Labute approximate surface area is 86.1 Å². The number of hydrogen-bond acceptors (Lipinski definition) is 2. The number of aryl methyl sites for hydroxylation is 1. The summed E-state index contributed by atoms with van der Waals surface area (Å²) in [5, 5.41) is 2.13. The number of anilines is 1. The van der Waals surface area contributed by atoms with Crippen LogP contribution in [0.15, 0.2) is 18.2 Å².